The van der Waals surface area contributed by atoms with E-state index in [9.17, 15) is 19.2 Å². The van der Waals surface area contributed by atoms with Crippen molar-refractivity contribution in [3.63, 3.8) is 0 Å². The molecule has 1 amide bonds. The van der Waals surface area contributed by atoms with Crippen LogP contribution in [0.5, 0.6) is 0 Å². The lowest BCUT2D eigenvalue weighted by molar-refractivity contribution is 0.0592. The normalized spacial score (nSPS) is 10.5. The molecule has 3 heterocycles. The molecule has 4 aromatic carbocycles. The highest BCUT2D eigenvalue weighted by atomic mass is 35.5. The van der Waals surface area contributed by atoms with Gasteiger partial charge >= 0.3 is 17.9 Å². The van der Waals surface area contributed by atoms with Crippen LogP contribution in [-0.4, -0.2) is 53.3 Å². The number of aromatic carboxylic acids is 1. The van der Waals surface area contributed by atoms with E-state index in [0.717, 1.165) is 0 Å². The zero-order chi connectivity index (χ0) is 38.4. The molecule has 7 rings (SSSR count). The Morgan fingerprint density at radius 3 is 1.60 bits per heavy atom. The number of ether oxygens (including phenoxy) is 2. The first kappa shape index (κ1) is 38.4. The van der Waals surface area contributed by atoms with E-state index in [1.807, 2.05) is 0 Å². The largest absolute Gasteiger partial charge is 0.475 e. The average molecular weight is 799 g/mol. The topological polar surface area (TPSA) is 198 Å². The van der Waals surface area contributed by atoms with Crippen LogP contribution in [0.15, 0.2) is 98.3 Å². The fraction of sp³-hybridized carbons (Fsp3) is 0.0556. The number of carbonyl (C=O) groups is 4. The minimum atomic E-state index is -1.15. The van der Waals surface area contributed by atoms with Crippen LogP contribution < -0.4 is 5.73 Å². The number of carboxylic acid groups (broad SMARTS) is 1. The molecule has 0 unspecified atom stereocenters. The summed E-state index contributed by atoms with van der Waals surface area (Å²) in [5.41, 5.74) is 7.65. The number of aromatic nitrogens is 2. The van der Waals surface area contributed by atoms with Gasteiger partial charge in [0.25, 0.3) is 5.89 Å². The van der Waals surface area contributed by atoms with Gasteiger partial charge in [0.1, 0.15) is 0 Å². The molecule has 0 radical (unpaired) electrons. The van der Waals surface area contributed by atoms with Crippen LogP contribution >= 0.6 is 46.4 Å². The lowest BCUT2D eigenvalue weighted by Gasteiger charge is -1.99. The first-order valence-electron chi connectivity index (χ1n) is 14.8. The zero-order valence-electron chi connectivity index (χ0n) is 27.2. The summed E-state index contributed by atoms with van der Waals surface area (Å²) >= 11 is 23.9. The number of nitrogens with two attached hydrogens (primary N) is 1. The van der Waals surface area contributed by atoms with Crippen molar-refractivity contribution in [1.29, 1.82) is 0 Å². The van der Waals surface area contributed by atoms with E-state index in [-0.39, 0.29) is 11.7 Å². The number of esters is 2. The molecule has 0 aliphatic rings. The number of nitrogens with zero attached hydrogens (tertiary/aromatic N) is 2. The second-order valence-electron chi connectivity index (χ2n) is 10.5. The Balaban J connectivity index is 0.000000169. The third kappa shape index (κ3) is 8.79. The van der Waals surface area contributed by atoms with Crippen LogP contribution in [0.3, 0.4) is 0 Å². The van der Waals surface area contributed by atoms with Crippen molar-refractivity contribution >= 4 is 92.2 Å². The third-order valence-electron chi connectivity index (χ3n) is 7.17. The molecule has 0 fully saturated rings. The summed E-state index contributed by atoms with van der Waals surface area (Å²) in [6, 6.07) is 22.1. The van der Waals surface area contributed by atoms with E-state index in [1.165, 1.54) is 44.6 Å². The van der Waals surface area contributed by atoms with E-state index in [4.69, 9.17) is 70.6 Å². The second-order valence-corrected chi connectivity index (χ2v) is 12.1. The van der Waals surface area contributed by atoms with Crippen molar-refractivity contribution in [2.45, 2.75) is 0 Å². The van der Waals surface area contributed by atoms with Gasteiger partial charge in [-0.15, -0.1) is 0 Å². The highest BCUT2D eigenvalue weighted by Crippen LogP contribution is 2.36. The van der Waals surface area contributed by atoms with Crippen LogP contribution in [0.1, 0.15) is 41.6 Å². The van der Waals surface area contributed by atoms with Crippen LogP contribution in [0.25, 0.3) is 45.0 Å². The SMILES string of the molecule is COC(=O)c1ccc(-c2noc(-c3cc4c(Cl)ccc(Cl)c4o3)n2)cc1.COC(=O)c1ccc(C(N)=O)cc1.O=C(O)c1cc2c(Cl)ccc(Cl)c2o1. The molecule has 17 heteroatoms. The van der Waals surface area contributed by atoms with Gasteiger partial charge < -0.3 is 33.7 Å². The molecule has 0 atom stereocenters. The molecule has 3 aromatic heterocycles. The van der Waals surface area contributed by atoms with Gasteiger partial charge in [0.2, 0.25) is 17.5 Å². The Morgan fingerprint density at radius 2 is 1.13 bits per heavy atom. The molecular weight excluding hydrogens is 776 g/mol. The highest BCUT2D eigenvalue weighted by Gasteiger charge is 2.18. The summed E-state index contributed by atoms with van der Waals surface area (Å²) in [6.07, 6.45) is 0. The van der Waals surface area contributed by atoms with E-state index >= 15 is 0 Å². The molecule has 0 aliphatic heterocycles. The van der Waals surface area contributed by atoms with Gasteiger partial charge in [-0.1, -0.05) is 63.7 Å². The van der Waals surface area contributed by atoms with Gasteiger partial charge in [-0.2, -0.15) is 4.98 Å². The smallest absolute Gasteiger partial charge is 0.371 e. The number of methoxy groups -OCH3 is 2. The lowest BCUT2D eigenvalue weighted by Crippen LogP contribution is -2.11. The summed E-state index contributed by atoms with van der Waals surface area (Å²) in [7, 11) is 2.62. The summed E-state index contributed by atoms with van der Waals surface area (Å²) in [4.78, 5) is 48.0. The fourth-order valence-electron chi connectivity index (χ4n) is 4.53. The number of fused-ring (bicyclic) bond motifs is 2. The Kier molecular flexibility index (Phi) is 12.1. The molecule has 7 aromatic rings. The Labute approximate surface area is 318 Å². The maximum absolute atomic E-state index is 11.5. The van der Waals surface area contributed by atoms with E-state index in [2.05, 4.69) is 19.6 Å². The number of hydrogen-bond donors (Lipinski definition) is 2. The highest BCUT2D eigenvalue weighted by molar-refractivity contribution is 6.40. The lowest BCUT2D eigenvalue weighted by atomic mass is 10.1. The molecule has 0 spiro atoms. The molecule has 53 heavy (non-hydrogen) atoms. The van der Waals surface area contributed by atoms with Crippen molar-refractivity contribution in [2.75, 3.05) is 14.2 Å². The minimum absolute atomic E-state index is 0.171. The maximum Gasteiger partial charge on any atom is 0.371 e. The predicted molar refractivity (Wildman–Crippen MR) is 196 cm³/mol. The fourth-order valence-corrected chi connectivity index (χ4v) is 5.34. The first-order valence-corrected chi connectivity index (χ1v) is 16.3. The number of rotatable bonds is 6. The number of furan rings is 2. The summed E-state index contributed by atoms with van der Waals surface area (Å²) in [6.45, 7) is 0. The number of benzene rings is 4. The molecule has 270 valence electrons. The predicted octanol–water partition coefficient (Wildman–Crippen LogP) is 9.25. The van der Waals surface area contributed by atoms with E-state index in [0.29, 0.717) is 75.9 Å². The molecular formula is C36H23Cl4N3O10. The molecule has 0 aliphatic carbocycles. The maximum atomic E-state index is 11.5. The summed E-state index contributed by atoms with van der Waals surface area (Å²) < 4.78 is 25.2. The third-order valence-corrected chi connectivity index (χ3v) is 8.42. The quantitative estimate of drug-likeness (QED) is 0.151. The van der Waals surface area contributed by atoms with Gasteiger partial charge in [0.05, 0.1) is 45.4 Å². The number of carbonyl (C=O) groups excluding carboxylic acids is 3. The van der Waals surface area contributed by atoms with Gasteiger partial charge in [-0.3, -0.25) is 4.79 Å². The first-order chi connectivity index (χ1) is 25.3. The number of halogens is 4. The van der Waals surface area contributed by atoms with Crippen molar-refractivity contribution in [2.24, 2.45) is 5.73 Å². The standard InChI is InChI=1S/C18H10Cl2N2O4.C9H4Cl2O3.C9H9NO3/c1-24-18(23)10-4-2-9(3-5-10)16-21-17(26-22-16)14-8-11-12(19)6-7-13(20)15(11)25-14;10-5-1-2-6(11)8-4(5)3-7(14-8)9(12)13;1-13-9(12)7-4-2-6(3-5-7)8(10)11/h2-8H,1H3;1-3H,(H,12,13);2-5H,1H3,(H2,10,11). The Bertz CT molecular complexity index is 2390. The zero-order valence-corrected chi connectivity index (χ0v) is 30.2. The van der Waals surface area contributed by atoms with Crippen molar-refractivity contribution in [3.05, 3.63) is 127 Å². The van der Waals surface area contributed by atoms with Gasteiger partial charge in [0, 0.05) is 28.0 Å². The summed E-state index contributed by atoms with van der Waals surface area (Å²) in [5, 5.41) is 15.5. The summed E-state index contributed by atoms with van der Waals surface area (Å²) in [5.74, 6) is -1.77. The molecule has 0 saturated carbocycles. The molecule has 0 saturated heterocycles. The molecule has 3 N–H and O–H groups in total. The van der Waals surface area contributed by atoms with Crippen LogP contribution in [0, 0.1) is 0 Å². The van der Waals surface area contributed by atoms with E-state index in [1.54, 1.807) is 54.6 Å². The van der Waals surface area contributed by atoms with E-state index < -0.39 is 23.8 Å². The number of primary amides is 1. The Morgan fingerprint density at radius 1 is 0.660 bits per heavy atom. The molecule has 0 bridgehead atoms. The second kappa shape index (κ2) is 16.7. The number of carboxylic acids is 1. The van der Waals surface area contributed by atoms with Crippen molar-refractivity contribution in [3.8, 4) is 23.0 Å². The average Bonchev–Trinajstić information content (AvgIpc) is 3.95. The van der Waals surface area contributed by atoms with Crippen molar-refractivity contribution in [1.82, 2.24) is 10.1 Å². The van der Waals surface area contributed by atoms with Crippen LogP contribution in [0.4, 0.5) is 0 Å². The van der Waals surface area contributed by atoms with Crippen molar-refractivity contribution < 1.29 is 47.1 Å². The van der Waals surface area contributed by atoms with Gasteiger partial charge in [-0.25, -0.2) is 14.4 Å². The number of hydrogen-bond acceptors (Lipinski definition) is 11. The number of amides is 1. The molecule has 13 nitrogen and oxygen atoms in total. The van der Waals surface area contributed by atoms with Gasteiger partial charge in [-0.05, 0) is 66.7 Å². The van der Waals surface area contributed by atoms with Crippen LogP contribution in [0.2, 0.25) is 20.1 Å². The Hall–Kier alpha value is -5.86. The minimum Gasteiger partial charge on any atom is -0.475 e. The van der Waals surface area contributed by atoms with Gasteiger partial charge in [0.15, 0.2) is 16.9 Å². The monoisotopic (exact) mass is 797 g/mol. The van der Waals surface area contributed by atoms with Crippen LogP contribution in [-0.2, 0) is 9.47 Å².